The number of nitriles is 1. The Hall–Kier alpha value is -4.72. The van der Waals surface area contributed by atoms with E-state index >= 15 is 0 Å². The van der Waals surface area contributed by atoms with Crippen molar-refractivity contribution in [1.29, 1.82) is 5.26 Å². The van der Waals surface area contributed by atoms with E-state index in [0.29, 0.717) is 43.1 Å². The van der Waals surface area contributed by atoms with Gasteiger partial charge in [-0.3, -0.25) is 18.9 Å². The Balaban J connectivity index is 1.54. The molecular weight excluding hydrogens is 747 g/mol. The zero-order chi connectivity index (χ0) is 40.6. The number of carbonyl (C=O) groups excluding carboxylic acids is 3. The second-order valence-corrected chi connectivity index (χ2v) is 16.2. The van der Waals surface area contributed by atoms with Gasteiger partial charge in [0.05, 0.1) is 30.7 Å². The zero-order valence-electron chi connectivity index (χ0n) is 32.5. The van der Waals surface area contributed by atoms with Crippen molar-refractivity contribution in [2.45, 2.75) is 97.4 Å². The molecule has 0 amide bonds. The van der Waals surface area contributed by atoms with Crippen molar-refractivity contribution in [3.63, 3.8) is 0 Å². The van der Waals surface area contributed by atoms with E-state index in [1.54, 1.807) is 64.2 Å². The molecule has 0 aliphatic carbocycles. The van der Waals surface area contributed by atoms with Gasteiger partial charge < -0.3 is 28.2 Å². The number of nitrogens with zero attached hydrogens (tertiary/aromatic N) is 5. The molecule has 302 valence electrons. The molecule has 1 aromatic carbocycles. The fourth-order valence-electron chi connectivity index (χ4n) is 5.79. The molecule has 2 aliphatic rings. The Kier molecular flexibility index (Phi) is 14.0. The van der Waals surface area contributed by atoms with Crippen molar-refractivity contribution >= 4 is 43.2 Å². The molecule has 0 saturated carbocycles. The lowest BCUT2D eigenvalue weighted by atomic mass is 9.95. The highest BCUT2D eigenvalue weighted by atomic mass is 31.2. The maximum Gasteiger partial charge on any atom is 0.459 e. The van der Waals surface area contributed by atoms with Gasteiger partial charge in [0.1, 0.15) is 48.5 Å². The third-order valence-corrected chi connectivity index (χ3v) is 10.5. The maximum atomic E-state index is 14.6. The van der Waals surface area contributed by atoms with Crippen LogP contribution in [0.3, 0.4) is 0 Å². The smallest absolute Gasteiger partial charge is 0.459 e. The summed E-state index contributed by atoms with van der Waals surface area (Å²) in [7, 11) is -4.59. The van der Waals surface area contributed by atoms with E-state index in [0.717, 1.165) is 0 Å². The molecule has 2 aromatic heterocycles. The summed E-state index contributed by atoms with van der Waals surface area (Å²) in [4.78, 5) is 48.6. The summed E-state index contributed by atoms with van der Waals surface area (Å²) in [6.07, 6.45) is -0.706. The second kappa shape index (κ2) is 18.5. The number of hydrogen-bond acceptors (Lipinski definition) is 15. The Morgan fingerprint density at radius 1 is 1.00 bits per heavy atom. The lowest BCUT2D eigenvalue weighted by molar-refractivity contribution is -0.173. The third-order valence-electron chi connectivity index (χ3n) is 8.84. The molecule has 0 unspecified atom stereocenters. The summed E-state index contributed by atoms with van der Waals surface area (Å²) in [5.41, 5.74) is -1.49. The van der Waals surface area contributed by atoms with Crippen LogP contribution in [0.2, 0.25) is 0 Å². The first-order valence-corrected chi connectivity index (χ1v) is 20.1. The highest BCUT2D eigenvalue weighted by Gasteiger charge is 2.62. The molecule has 6 atom stereocenters. The van der Waals surface area contributed by atoms with Gasteiger partial charge in [-0.15, -0.1) is 0 Å². The Morgan fingerprint density at radius 2 is 1.68 bits per heavy atom. The molecule has 18 heteroatoms. The molecule has 4 heterocycles. The SMILES string of the molecule is CC(C)/C=N/c1ncnn2c([C@@H]3O[C@](C#N)(CO[P@](=O)(N[C@@H](C)C(=O)OC4CCOCC4)Oc4ccccc4)[C@@H](OC(=O)C(C)C)[C@H]3OC(=O)C(C)C)ccc12. The third kappa shape index (κ3) is 10.2. The minimum absolute atomic E-state index is 0.117. The van der Waals surface area contributed by atoms with Crippen LogP contribution in [0.25, 0.3) is 5.52 Å². The standard InChI is InChI=1S/C38H49N6O11P/c1-23(2)19-40-34-30-14-13-29(44(30)42-22-41-34)31-32(52-35(45)24(3)4)33(53-36(46)25(5)6)38(20-39,54-31)21-50-56(48,55-28-11-9-8-10-12-28)43-26(7)37(47)51-27-15-17-49-18-16-27/h8-14,19,22-27,31-33H,15-18,21H2,1-7H3,(H,43,48)/b40-19+/t26-,31-,32-,33-,38+,56+/m0/s1. The number of benzene rings is 1. The predicted octanol–water partition coefficient (Wildman–Crippen LogP) is 5.46. The van der Waals surface area contributed by atoms with Gasteiger partial charge in [0.15, 0.2) is 18.0 Å². The van der Waals surface area contributed by atoms with E-state index in [4.69, 9.17) is 32.7 Å². The van der Waals surface area contributed by atoms with Gasteiger partial charge in [-0.2, -0.15) is 15.4 Å². The van der Waals surface area contributed by atoms with Crippen molar-refractivity contribution < 1.29 is 51.7 Å². The van der Waals surface area contributed by atoms with Crippen LogP contribution < -0.4 is 9.61 Å². The lowest BCUT2D eigenvalue weighted by Crippen LogP contribution is -2.50. The highest BCUT2D eigenvalue weighted by Crippen LogP contribution is 2.50. The number of ether oxygens (including phenoxy) is 5. The van der Waals surface area contributed by atoms with Gasteiger partial charge >= 0.3 is 25.7 Å². The van der Waals surface area contributed by atoms with Crippen LogP contribution in [0.4, 0.5) is 5.82 Å². The number of carbonyl (C=O) groups is 3. The fraction of sp³-hybridized carbons (Fsp3) is 0.553. The molecule has 2 fully saturated rings. The van der Waals surface area contributed by atoms with Gasteiger partial charge in [0, 0.05) is 19.1 Å². The van der Waals surface area contributed by atoms with Crippen molar-refractivity contribution in [2.75, 3.05) is 19.8 Å². The number of nitrogens with one attached hydrogen (secondary N) is 1. The van der Waals surface area contributed by atoms with Crippen molar-refractivity contribution in [3.8, 4) is 11.8 Å². The van der Waals surface area contributed by atoms with Crippen molar-refractivity contribution in [1.82, 2.24) is 19.7 Å². The molecular formula is C38H49N6O11P. The van der Waals surface area contributed by atoms with E-state index in [2.05, 4.69) is 26.2 Å². The molecule has 2 saturated heterocycles. The molecule has 2 aliphatic heterocycles. The second-order valence-electron chi connectivity index (χ2n) is 14.5. The molecule has 17 nitrogen and oxygen atoms in total. The van der Waals surface area contributed by atoms with E-state index in [-0.39, 0.29) is 11.7 Å². The van der Waals surface area contributed by atoms with Crippen molar-refractivity contribution in [3.05, 3.63) is 54.5 Å². The fourth-order valence-corrected chi connectivity index (χ4v) is 7.31. The molecule has 0 spiro atoms. The number of rotatable bonds is 16. The summed E-state index contributed by atoms with van der Waals surface area (Å²) in [6, 6.07) is 12.3. The Bertz CT molecular complexity index is 1960. The molecule has 56 heavy (non-hydrogen) atoms. The van der Waals surface area contributed by atoms with E-state index in [9.17, 15) is 24.2 Å². The average Bonchev–Trinajstić information content (AvgIpc) is 3.73. The molecule has 5 rings (SSSR count). The lowest BCUT2D eigenvalue weighted by Gasteiger charge is -2.31. The summed E-state index contributed by atoms with van der Waals surface area (Å²) in [5, 5.41) is 18.0. The van der Waals surface area contributed by atoms with Gasteiger partial charge in [-0.1, -0.05) is 59.7 Å². The summed E-state index contributed by atoms with van der Waals surface area (Å²) >= 11 is 0. The van der Waals surface area contributed by atoms with Crippen LogP contribution in [0.15, 0.2) is 53.8 Å². The number of esters is 3. The number of aliphatic imine (C=N–C) groups is 1. The zero-order valence-corrected chi connectivity index (χ0v) is 33.4. The summed E-state index contributed by atoms with van der Waals surface area (Å²) < 4.78 is 57.4. The van der Waals surface area contributed by atoms with E-state index in [1.807, 2.05) is 13.8 Å². The molecule has 3 aromatic rings. The predicted molar refractivity (Wildman–Crippen MR) is 201 cm³/mol. The minimum atomic E-state index is -4.59. The number of para-hydroxylation sites is 1. The van der Waals surface area contributed by atoms with Crippen LogP contribution in [0.1, 0.15) is 73.1 Å². The minimum Gasteiger partial charge on any atom is -0.461 e. The van der Waals surface area contributed by atoms with Gasteiger partial charge in [0.2, 0.25) is 5.60 Å². The van der Waals surface area contributed by atoms with Crippen molar-refractivity contribution in [2.24, 2.45) is 22.7 Å². The van der Waals surface area contributed by atoms with Crippen LogP contribution >= 0.6 is 7.75 Å². The van der Waals surface area contributed by atoms with Crippen LogP contribution in [-0.2, 0) is 47.2 Å². The number of aromatic nitrogens is 3. The quantitative estimate of drug-likeness (QED) is 0.0825. The number of fused-ring (bicyclic) bond motifs is 1. The van der Waals surface area contributed by atoms with E-state index in [1.165, 1.54) is 29.9 Å². The molecule has 0 bridgehead atoms. The van der Waals surface area contributed by atoms with Gasteiger partial charge in [0.25, 0.3) is 0 Å². The molecule has 1 N–H and O–H groups in total. The summed E-state index contributed by atoms with van der Waals surface area (Å²) in [6.45, 7) is 11.8. The first-order chi connectivity index (χ1) is 26.6. The van der Waals surface area contributed by atoms with Crippen LogP contribution in [0, 0.1) is 29.1 Å². The highest BCUT2D eigenvalue weighted by molar-refractivity contribution is 7.52. The first kappa shape index (κ1) is 42.4. The normalized spacial score (nSPS) is 23.3. The van der Waals surface area contributed by atoms with Crippen LogP contribution in [-0.4, -0.2) is 88.5 Å². The first-order valence-electron chi connectivity index (χ1n) is 18.6. The topological polar surface area (TPSA) is 211 Å². The average molecular weight is 797 g/mol. The largest absolute Gasteiger partial charge is 0.461 e. The maximum absolute atomic E-state index is 14.6. The summed E-state index contributed by atoms with van der Waals surface area (Å²) in [5.74, 6) is -2.82. The monoisotopic (exact) mass is 796 g/mol. The molecule has 0 radical (unpaired) electrons. The number of hydrogen-bond donors (Lipinski definition) is 1. The van der Waals surface area contributed by atoms with Gasteiger partial charge in [-0.25, -0.2) is 19.1 Å². The van der Waals surface area contributed by atoms with Gasteiger partial charge in [-0.05, 0) is 37.1 Å². The Morgan fingerprint density at radius 3 is 2.32 bits per heavy atom. The Labute approximate surface area is 325 Å². The van der Waals surface area contributed by atoms with Crippen LogP contribution in [0.5, 0.6) is 5.75 Å². The van der Waals surface area contributed by atoms with E-state index < -0.39 is 80.2 Å².